The summed E-state index contributed by atoms with van der Waals surface area (Å²) in [4.78, 5) is 2.28. The summed E-state index contributed by atoms with van der Waals surface area (Å²) in [6.45, 7) is 0. The highest BCUT2D eigenvalue weighted by molar-refractivity contribution is 7.98. The number of benzene rings is 1. The predicted molar refractivity (Wildman–Crippen MR) is 62.0 cm³/mol. The molecule has 0 saturated carbocycles. The van der Waals surface area contributed by atoms with Gasteiger partial charge in [0.25, 0.3) is 0 Å². The van der Waals surface area contributed by atoms with Crippen LogP contribution in [-0.2, 0) is 5.75 Å². The minimum absolute atomic E-state index is 0.369. The second-order valence-electron chi connectivity index (χ2n) is 2.84. The molecule has 0 spiro atoms. The molecule has 1 aromatic heterocycles. The second-order valence-corrected chi connectivity index (χ2v) is 4.89. The molecule has 3 heteroatoms. The van der Waals surface area contributed by atoms with E-state index in [9.17, 15) is 5.11 Å². The van der Waals surface area contributed by atoms with E-state index in [1.54, 1.807) is 29.2 Å². The molecule has 0 saturated heterocycles. The van der Waals surface area contributed by atoms with Crippen LogP contribution in [0.5, 0.6) is 5.75 Å². The molecule has 14 heavy (non-hydrogen) atoms. The molecule has 0 amide bonds. The molecule has 0 fully saturated rings. The smallest absolute Gasteiger partial charge is 0.129 e. The lowest BCUT2D eigenvalue weighted by Gasteiger charge is -2.01. The molecule has 0 aliphatic carbocycles. The van der Waals surface area contributed by atoms with Gasteiger partial charge in [0.1, 0.15) is 5.75 Å². The van der Waals surface area contributed by atoms with E-state index in [-0.39, 0.29) is 0 Å². The summed E-state index contributed by atoms with van der Waals surface area (Å²) in [5.41, 5.74) is 0. The topological polar surface area (TPSA) is 20.2 Å². The van der Waals surface area contributed by atoms with E-state index in [1.807, 2.05) is 24.3 Å². The van der Waals surface area contributed by atoms with Crippen LogP contribution in [0, 0.1) is 0 Å². The summed E-state index contributed by atoms with van der Waals surface area (Å²) in [5.74, 6) is 1.30. The zero-order valence-corrected chi connectivity index (χ0v) is 9.15. The number of rotatable bonds is 3. The third-order valence-electron chi connectivity index (χ3n) is 1.82. The third-order valence-corrected chi connectivity index (χ3v) is 3.99. The molecule has 2 aromatic rings. The summed E-state index contributed by atoms with van der Waals surface area (Å²) in [6, 6.07) is 11.6. The fraction of sp³-hybridized carbons (Fsp3) is 0.0909. The maximum Gasteiger partial charge on any atom is 0.129 e. The van der Waals surface area contributed by atoms with Crippen LogP contribution in [-0.4, -0.2) is 5.11 Å². The molecular weight excluding hydrogens is 212 g/mol. The van der Waals surface area contributed by atoms with E-state index in [4.69, 9.17) is 0 Å². The largest absolute Gasteiger partial charge is 0.507 e. The Morgan fingerprint density at radius 3 is 2.71 bits per heavy atom. The Bertz CT molecular complexity index is 395. The first-order chi connectivity index (χ1) is 6.86. The van der Waals surface area contributed by atoms with Crippen molar-refractivity contribution >= 4 is 23.1 Å². The Morgan fingerprint density at radius 1 is 1.14 bits per heavy atom. The molecule has 0 atom stereocenters. The van der Waals surface area contributed by atoms with Gasteiger partial charge in [-0.25, -0.2) is 0 Å². The monoisotopic (exact) mass is 222 g/mol. The highest BCUT2D eigenvalue weighted by Gasteiger charge is 2.00. The number of para-hydroxylation sites is 1. The summed E-state index contributed by atoms with van der Waals surface area (Å²) in [7, 11) is 0. The number of hydrogen-bond acceptors (Lipinski definition) is 3. The maximum absolute atomic E-state index is 9.52. The Labute approximate surface area is 91.4 Å². The normalized spacial score (nSPS) is 10.3. The molecule has 72 valence electrons. The highest BCUT2D eigenvalue weighted by atomic mass is 32.2. The summed E-state index contributed by atoms with van der Waals surface area (Å²) in [5, 5.41) is 11.6. The molecule has 1 nitrogen and oxygen atoms in total. The van der Waals surface area contributed by atoms with Crippen molar-refractivity contribution in [3.8, 4) is 5.75 Å². The lowest BCUT2D eigenvalue weighted by Crippen LogP contribution is -1.75. The van der Waals surface area contributed by atoms with Crippen LogP contribution in [0.2, 0.25) is 0 Å². The number of thiophene rings is 1. The number of hydrogen-bond donors (Lipinski definition) is 1. The van der Waals surface area contributed by atoms with Crippen molar-refractivity contribution in [3.63, 3.8) is 0 Å². The molecule has 1 N–H and O–H groups in total. The van der Waals surface area contributed by atoms with E-state index in [0.717, 1.165) is 10.6 Å². The number of aromatic hydroxyl groups is 1. The first kappa shape index (κ1) is 9.62. The van der Waals surface area contributed by atoms with Gasteiger partial charge in [-0.1, -0.05) is 18.2 Å². The van der Waals surface area contributed by atoms with Crippen molar-refractivity contribution in [2.75, 3.05) is 0 Å². The standard InChI is InChI=1S/C11H10OS2/c12-10-5-1-2-6-11(10)14-8-9-4-3-7-13-9/h1-7,12H,8H2. The van der Waals surface area contributed by atoms with E-state index in [2.05, 4.69) is 11.4 Å². The van der Waals surface area contributed by atoms with Gasteiger partial charge in [0.05, 0.1) is 0 Å². The van der Waals surface area contributed by atoms with Crippen LogP contribution in [0.1, 0.15) is 4.88 Å². The Morgan fingerprint density at radius 2 is 2.00 bits per heavy atom. The van der Waals surface area contributed by atoms with E-state index < -0.39 is 0 Å². The Kier molecular flexibility index (Phi) is 3.11. The van der Waals surface area contributed by atoms with Crippen molar-refractivity contribution in [1.82, 2.24) is 0 Å². The van der Waals surface area contributed by atoms with Gasteiger partial charge in [-0.3, -0.25) is 0 Å². The first-order valence-electron chi connectivity index (χ1n) is 4.29. The van der Waals surface area contributed by atoms with Gasteiger partial charge in [-0.15, -0.1) is 23.1 Å². The predicted octanol–water partition coefficient (Wildman–Crippen LogP) is 3.75. The molecule has 0 aliphatic heterocycles. The van der Waals surface area contributed by atoms with Crippen LogP contribution < -0.4 is 0 Å². The zero-order valence-electron chi connectivity index (χ0n) is 7.51. The van der Waals surface area contributed by atoms with E-state index in [1.165, 1.54) is 4.88 Å². The fourth-order valence-electron chi connectivity index (χ4n) is 1.12. The third kappa shape index (κ3) is 2.30. The van der Waals surface area contributed by atoms with E-state index >= 15 is 0 Å². The zero-order chi connectivity index (χ0) is 9.80. The minimum atomic E-state index is 0.369. The van der Waals surface area contributed by atoms with Crippen LogP contribution >= 0.6 is 23.1 Å². The van der Waals surface area contributed by atoms with Crippen molar-refractivity contribution in [2.45, 2.75) is 10.6 Å². The molecule has 2 rings (SSSR count). The van der Waals surface area contributed by atoms with Crippen molar-refractivity contribution in [2.24, 2.45) is 0 Å². The second kappa shape index (κ2) is 4.53. The number of phenolic OH excluding ortho intramolecular Hbond substituents is 1. The number of thioether (sulfide) groups is 1. The lowest BCUT2D eigenvalue weighted by atomic mass is 10.3. The number of phenols is 1. The molecule has 0 aliphatic rings. The van der Waals surface area contributed by atoms with Crippen LogP contribution in [0.4, 0.5) is 0 Å². The van der Waals surface area contributed by atoms with Gasteiger partial charge in [0.2, 0.25) is 0 Å². The SMILES string of the molecule is Oc1ccccc1SCc1cccs1. The van der Waals surface area contributed by atoms with E-state index in [0.29, 0.717) is 5.75 Å². The quantitative estimate of drug-likeness (QED) is 0.798. The highest BCUT2D eigenvalue weighted by Crippen LogP contribution is 2.31. The van der Waals surface area contributed by atoms with Crippen LogP contribution in [0.25, 0.3) is 0 Å². The summed E-state index contributed by atoms with van der Waals surface area (Å²) in [6.07, 6.45) is 0. The van der Waals surface area contributed by atoms with Gasteiger partial charge in [-0.05, 0) is 23.6 Å². The molecular formula is C11H10OS2. The van der Waals surface area contributed by atoms with Gasteiger partial charge < -0.3 is 5.11 Å². The van der Waals surface area contributed by atoms with Gasteiger partial charge in [0.15, 0.2) is 0 Å². The van der Waals surface area contributed by atoms with Gasteiger partial charge >= 0.3 is 0 Å². The molecule has 1 heterocycles. The summed E-state index contributed by atoms with van der Waals surface area (Å²) >= 11 is 3.41. The molecule has 1 aromatic carbocycles. The van der Waals surface area contributed by atoms with Crippen molar-refractivity contribution < 1.29 is 5.11 Å². The van der Waals surface area contributed by atoms with Gasteiger partial charge in [-0.2, -0.15) is 0 Å². The fourth-order valence-corrected chi connectivity index (χ4v) is 2.85. The minimum Gasteiger partial charge on any atom is -0.507 e. The molecule has 0 bridgehead atoms. The van der Waals surface area contributed by atoms with Crippen LogP contribution in [0.15, 0.2) is 46.7 Å². The average Bonchev–Trinajstić information content (AvgIpc) is 2.69. The molecule has 0 unspecified atom stereocenters. The Hall–Kier alpha value is -0.930. The van der Waals surface area contributed by atoms with Crippen molar-refractivity contribution in [1.29, 1.82) is 0 Å². The maximum atomic E-state index is 9.52. The lowest BCUT2D eigenvalue weighted by molar-refractivity contribution is 0.462. The first-order valence-corrected chi connectivity index (χ1v) is 6.16. The average molecular weight is 222 g/mol. The van der Waals surface area contributed by atoms with Crippen molar-refractivity contribution in [3.05, 3.63) is 46.7 Å². The van der Waals surface area contributed by atoms with Gasteiger partial charge in [0, 0.05) is 15.5 Å². The van der Waals surface area contributed by atoms with Crippen LogP contribution in [0.3, 0.4) is 0 Å². The molecule has 0 radical (unpaired) electrons. The summed E-state index contributed by atoms with van der Waals surface area (Å²) < 4.78 is 0. The Balaban J connectivity index is 2.02.